The second kappa shape index (κ2) is 9.07. The molecule has 7 heteroatoms. The van der Waals surface area contributed by atoms with Crippen LogP contribution in [-0.2, 0) is 5.41 Å². The Bertz CT molecular complexity index is 947. The summed E-state index contributed by atoms with van der Waals surface area (Å²) >= 11 is 0. The molecule has 1 aromatic carbocycles. The first-order chi connectivity index (χ1) is 14.3. The Balaban J connectivity index is 1.79. The lowest BCUT2D eigenvalue weighted by Gasteiger charge is -2.43. The predicted octanol–water partition coefficient (Wildman–Crippen LogP) is 3.61. The molecule has 0 spiro atoms. The van der Waals surface area contributed by atoms with Crippen LogP contribution in [0.4, 0.5) is 8.78 Å². The Hall–Kier alpha value is -3.22. The molecule has 158 valence electrons. The second-order valence-electron chi connectivity index (χ2n) is 7.74. The van der Waals surface area contributed by atoms with Crippen LogP contribution < -0.4 is 11.1 Å². The van der Waals surface area contributed by atoms with Crippen LogP contribution >= 0.6 is 0 Å². The molecule has 5 nitrogen and oxygen atoms in total. The van der Waals surface area contributed by atoms with E-state index in [1.807, 2.05) is 49.3 Å². The molecular weight excluding hydrogens is 384 g/mol. The van der Waals surface area contributed by atoms with Gasteiger partial charge in [0.05, 0.1) is 5.69 Å². The van der Waals surface area contributed by atoms with Gasteiger partial charge in [-0.1, -0.05) is 36.9 Å². The van der Waals surface area contributed by atoms with Gasteiger partial charge in [-0.15, -0.1) is 0 Å². The van der Waals surface area contributed by atoms with E-state index in [1.165, 1.54) is 18.3 Å². The van der Waals surface area contributed by atoms with Crippen molar-refractivity contribution in [2.75, 3.05) is 20.6 Å². The molecule has 1 aliphatic carbocycles. The van der Waals surface area contributed by atoms with Crippen molar-refractivity contribution >= 4 is 11.5 Å². The third-order valence-electron chi connectivity index (χ3n) is 5.36. The second-order valence-corrected chi connectivity index (χ2v) is 7.74. The molecule has 2 aromatic rings. The topological polar surface area (TPSA) is 66.5 Å². The maximum Gasteiger partial charge on any atom is 0.193 e. The van der Waals surface area contributed by atoms with Gasteiger partial charge in [0.15, 0.2) is 5.96 Å². The number of aromatic nitrogens is 1. The number of hydrogen-bond acceptors (Lipinski definition) is 3. The number of hydrogen-bond donors (Lipinski definition) is 2. The molecule has 0 bridgehead atoms. The molecule has 30 heavy (non-hydrogen) atoms. The summed E-state index contributed by atoms with van der Waals surface area (Å²) in [7, 11) is 3.80. The lowest BCUT2D eigenvalue weighted by molar-refractivity contribution is 0.0895. The molecule has 3 rings (SSSR count). The zero-order valence-corrected chi connectivity index (χ0v) is 17.3. The summed E-state index contributed by atoms with van der Waals surface area (Å²) in [5.74, 6) is -0.275. The first-order valence-electron chi connectivity index (χ1n) is 9.77. The summed E-state index contributed by atoms with van der Waals surface area (Å²) in [6.07, 6.45) is 2.59. The number of nitrogens with zero attached hydrogens (tertiary/aromatic N) is 3. The summed E-state index contributed by atoms with van der Waals surface area (Å²) in [5.41, 5.74) is 8.15. The van der Waals surface area contributed by atoms with E-state index in [0.717, 1.165) is 16.8 Å². The van der Waals surface area contributed by atoms with E-state index in [9.17, 15) is 8.78 Å². The highest BCUT2D eigenvalue weighted by molar-refractivity contribution is 5.82. The number of nitrogens with one attached hydrogen (secondary N) is 1. The minimum Gasteiger partial charge on any atom is -0.378 e. The molecule has 0 atom stereocenters. The lowest BCUT2D eigenvalue weighted by Crippen LogP contribution is -2.52. The number of allylic oxidation sites excluding steroid dienone is 1. The van der Waals surface area contributed by atoms with E-state index in [0.29, 0.717) is 0 Å². The highest BCUT2D eigenvalue weighted by Gasteiger charge is 2.48. The van der Waals surface area contributed by atoms with Gasteiger partial charge in [0.1, 0.15) is 12.0 Å². The maximum absolute atomic E-state index is 14.3. The van der Waals surface area contributed by atoms with E-state index in [-0.39, 0.29) is 31.0 Å². The first-order valence-corrected chi connectivity index (χ1v) is 9.77. The van der Waals surface area contributed by atoms with Crippen molar-refractivity contribution in [1.82, 2.24) is 15.2 Å². The largest absolute Gasteiger partial charge is 0.378 e. The number of halogens is 2. The molecule has 1 fully saturated rings. The van der Waals surface area contributed by atoms with Crippen LogP contribution in [0.5, 0.6) is 0 Å². The molecule has 1 aromatic heterocycles. The highest BCUT2D eigenvalue weighted by atomic mass is 19.1. The smallest absolute Gasteiger partial charge is 0.193 e. The van der Waals surface area contributed by atoms with E-state index < -0.39 is 17.4 Å². The predicted molar refractivity (Wildman–Crippen MR) is 117 cm³/mol. The van der Waals surface area contributed by atoms with Crippen molar-refractivity contribution in [3.8, 4) is 0 Å². The Morgan fingerprint density at radius 1 is 1.30 bits per heavy atom. The SMILES string of the molecule is C=C(/C(=C\N=C(/N)NC[C@]1(c2ncccc2F)C[C@H](F)C1)c1ccccc1)N(C)C. The third-order valence-corrected chi connectivity index (χ3v) is 5.36. The number of guanidine groups is 1. The van der Waals surface area contributed by atoms with Gasteiger partial charge >= 0.3 is 0 Å². The molecule has 0 unspecified atom stereocenters. The summed E-state index contributed by atoms with van der Waals surface area (Å²) in [5, 5.41) is 3.01. The van der Waals surface area contributed by atoms with Crippen LogP contribution in [0.2, 0.25) is 0 Å². The fourth-order valence-corrected chi connectivity index (χ4v) is 3.60. The number of alkyl halides is 1. The minimum absolute atomic E-state index is 0.160. The van der Waals surface area contributed by atoms with Crippen molar-refractivity contribution < 1.29 is 8.78 Å². The molecule has 1 saturated carbocycles. The Labute approximate surface area is 176 Å². The lowest BCUT2D eigenvalue weighted by atomic mass is 9.65. The molecule has 0 amide bonds. The number of aliphatic imine (C=N–C) groups is 1. The number of likely N-dealkylation sites (N-methyl/N-ethyl adjacent to an activating group) is 1. The maximum atomic E-state index is 14.3. The van der Waals surface area contributed by atoms with Gasteiger partial charge in [0, 0.05) is 49.7 Å². The highest BCUT2D eigenvalue weighted by Crippen LogP contribution is 2.45. The van der Waals surface area contributed by atoms with E-state index >= 15 is 0 Å². The molecular formula is C23H27F2N5. The van der Waals surface area contributed by atoms with Crippen molar-refractivity contribution in [2.24, 2.45) is 10.7 Å². The van der Waals surface area contributed by atoms with Gasteiger partial charge in [0.25, 0.3) is 0 Å². The van der Waals surface area contributed by atoms with Crippen molar-refractivity contribution in [3.63, 3.8) is 0 Å². The number of nitrogens with two attached hydrogens (primary N) is 1. The van der Waals surface area contributed by atoms with Crippen LogP contribution in [0.3, 0.4) is 0 Å². The molecule has 1 heterocycles. The fourth-order valence-electron chi connectivity index (χ4n) is 3.60. The average Bonchev–Trinajstić information content (AvgIpc) is 2.71. The van der Waals surface area contributed by atoms with Crippen LogP contribution in [-0.4, -0.2) is 42.7 Å². The summed E-state index contributed by atoms with van der Waals surface area (Å²) in [4.78, 5) is 10.4. The normalized spacial score (nSPS) is 21.7. The van der Waals surface area contributed by atoms with Crippen LogP contribution in [0, 0.1) is 5.82 Å². The third kappa shape index (κ3) is 4.67. The summed E-state index contributed by atoms with van der Waals surface area (Å²) in [6, 6.07) is 12.6. The van der Waals surface area contributed by atoms with Gasteiger partial charge in [-0.05, 0) is 30.5 Å². The van der Waals surface area contributed by atoms with E-state index in [4.69, 9.17) is 5.73 Å². The molecule has 0 aliphatic heterocycles. The molecule has 3 N–H and O–H groups in total. The Morgan fingerprint density at radius 3 is 2.60 bits per heavy atom. The van der Waals surface area contributed by atoms with Crippen LogP contribution in [0.1, 0.15) is 24.1 Å². The fraction of sp³-hybridized carbons (Fsp3) is 0.304. The summed E-state index contributed by atoms with van der Waals surface area (Å²) in [6.45, 7) is 4.36. The van der Waals surface area contributed by atoms with Gasteiger partial charge in [0.2, 0.25) is 0 Å². The summed E-state index contributed by atoms with van der Waals surface area (Å²) < 4.78 is 28.0. The van der Waals surface area contributed by atoms with Crippen LogP contribution in [0.25, 0.3) is 5.57 Å². The zero-order chi connectivity index (χ0) is 21.7. The Kier molecular flexibility index (Phi) is 6.50. The van der Waals surface area contributed by atoms with E-state index in [2.05, 4.69) is 21.9 Å². The molecule has 0 radical (unpaired) electrons. The quantitative estimate of drug-likeness (QED) is 0.415. The van der Waals surface area contributed by atoms with Gasteiger partial charge in [-0.2, -0.15) is 0 Å². The standard InChI is InChI=1S/C23H27F2N5/c1-16(30(2)3)19(17-8-5-4-6-9-17)14-28-22(26)29-15-23(12-18(24)13-23)21-20(25)10-7-11-27-21/h4-11,14,18H,1,12-13,15H2,2-3H3,(H3,26,28,29)/b19-14+/t18-,23-. The first kappa shape index (κ1) is 21.5. The molecule has 0 saturated heterocycles. The van der Waals surface area contributed by atoms with Crippen molar-refractivity contribution in [1.29, 1.82) is 0 Å². The number of pyridine rings is 1. The van der Waals surface area contributed by atoms with Gasteiger partial charge in [-0.3, -0.25) is 4.98 Å². The average molecular weight is 412 g/mol. The van der Waals surface area contributed by atoms with Gasteiger partial charge in [-0.25, -0.2) is 13.8 Å². The molecule has 1 aliphatic rings. The van der Waals surface area contributed by atoms with Crippen molar-refractivity contribution in [3.05, 3.63) is 84.2 Å². The van der Waals surface area contributed by atoms with E-state index in [1.54, 1.807) is 6.20 Å². The number of rotatable bonds is 7. The van der Waals surface area contributed by atoms with Crippen molar-refractivity contribution in [2.45, 2.75) is 24.4 Å². The monoisotopic (exact) mass is 411 g/mol. The van der Waals surface area contributed by atoms with Gasteiger partial charge < -0.3 is 16.0 Å². The zero-order valence-electron chi connectivity index (χ0n) is 17.3. The number of benzene rings is 1. The van der Waals surface area contributed by atoms with Crippen LogP contribution in [0.15, 0.2) is 72.1 Å². The Morgan fingerprint density at radius 2 is 2.00 bits per heavy atom. The minimum atomic E-state index is -0.973.